The van der Waals surface area contributed by atoms with Gasteiger partial charge in [0, 0.05) is 0 Å². The standard InChI is InChI=1S/C8H9/c1-2-8-6-4-3-5-7-8/h3-4,6-7H,2H2,1H3. The van der Waals surface area contributed by atoms with Crippen LogP contribution in [0.5, 0.6) is 0 Å². The first kappa shape index (κ1) is 5.36. The Morgan fingerprint density at radius 1 is 1.62 bits per heavy atom. The molecule has 0 nitrogen and oxygen atoms in total. The van der Waals surface area contributed by atoms with Crippen molar-refractivity contribution in [1.29, 1.82) is 0 Å². The molecular formula is C8H9. The summed E-state index contributed by atoms with van der Waals surface area (Å²) < 4.78 is 0. The number of benzene rings is 1. The summed E-state index contributed by atoms with van der Waals surface area (Å²) >= 11 is 0. The zero-order valence-electron chi connectivity index (χ0n) is 5.02. The van der Waals surface area contributed by atoms with Crippen LogP contribution in [-0.2, 0) is 6.42 Å². The minimum Gasteiger partial charge on any atom is -0.0614 e. The third kappa shape index (κ3) is 1.09. The predicted molar refractivity (Wildman–Crippen MR) is 34.7 cm³/mol. The van der Waals surface area contributed by atoms with Crippen molar-refractivity contribution < 1.29 is 0 Å². The molecule has 0 aliphatic heterocycles. The van der Waals surface area contributed by atoms with Crippen molar-refractivity contribution in [3.05, 3.63) is 35.9 Å². The molecular weight excluding hydrogens is 96.1 g/mol. The van der Waals surface area contributed by atoms with Gasteiger partial charge in [-0.25, -0.2) is 0 Å². The number of hydrogen-bond acceptors (Lipinski definition) is 0. The molecule has 0 aromatic heterocycles. The average molecular weight is 105 g/mol. The summed E-state index contributed by atoms with van der Waals surface area (Å²) in [5.41, 5.74) is 1.35. The highest BCUT2D eigenvalue weighted by Crippen LogP contribution is 1.96. The van der Waals surface area contributed by atoms with Gasteiger partial charge in [-0.1, -0.05) is 31.2 Å². The molecule has 0 aliphatic carbocycles. The van der Waals surface area contributed by atoms with Gasteiger partial charge < -0.3 is 0 Å². The van der Waals surface area contributed by atoms with Crippen LogP contribution in [0.4, 0.5) is 0 Å². The van der Waals surface area contributed by atoms with E-state index in [-0.39, 0.29) is 0 Å². The van der Waals surface area contributed by atoms with Gasteiger partial charge >= 0.3 is 0 Å². The molecule has 1 aromatic rings. The zero-order chi connectivity index (χ0) is 5.82. The van der Waals surface area contributed by atoms with Crippen molar-refractivity contribution >= 4 is 0 Å². The molecule has 0 saturated carbocycles. The average Bonchev–Trinajstić information content (AvgIpc) is 1.90. The van der Waals surface area contributed by atoms with E-state index < -0.39 is 0 Å². The van der Waals surface area contributed by atoms with Gasteiger partial charge in [-0.05, 0) is 18.1 Å². The quantitative estimate of drug-likeness (QED) is 0.512. The van der Waals surface area contributed by atoms with Gasteiger partial charge in [-0.2, -0.15) is 0 Å². The van der Waals surface area contributed by atoms with E-state index in [2.05, 4.69) is 19.1 Å². The molecule has 0 heterocycles. The van der Waals surface area contributed by atoms with E-state index in [0.29, 0.717) is 0 Å². The molecule has 8 heavy (non-hydrogen) atoms. The van der Waals surface area contributed by atoms with Crippen LogP contribution in [0.25, 0.3) is 0 Å². The molecule has 0 amide bonds. The van der Waals surface area contributed by atoms with Crippen molar-refractivity contribution in [2.24, 2.45) is 0 Å². The third-order valence-electron chi connectivity index (χ3n) is 1.18. The van der Waals surface area contributed by atoms with Crippen LogP contribution in [0.1, 0.15) is 12.5 Å². The van der Waals surface area contributed by atoms with E-state index in [4.69, 9.17) is 0 Å². The van der Waals surface area contributed by atoms with Gasteiger partial charge in [0.1, 0.15) is 0 Å². The Morgan fingerprint density at radius 2 is 2.50 bits per heavy atom. The normalized spacial score (nSPS) is 9.12. The van der Waals surface area contributed by atoms with Gasteiger partial charge in [0.05, 0.1) is 0 Å². The topological polar surface area (TPSA) is 0 Å². The largest absolute Gasteiger partial charge is 0.0614 e. The lowest BCUT2D eigenvalue weighted by atomic mass is 10.2. The lowest BCUT2D eigenvalue weighted by Crippen LogP contribution is -1.74. The Labute approximate surface area is 50.2 Å². The fraction of sp³-hybridized carbons (Fsp3) is 0.250. The third-order valence-corrected chi connectivity index (χ3v) is 1.18. The minimum atomic E-state index is 1.11. The van der Waals surface area contributed by atoms with E-state index in [1.165, 1.54) is 5.56 Å². The van der Waals surface area contributed by atoms with Crippen LogP contribution in [0.2, 0.25) is 0 Å². The zero-order valence-corrected chi connectivity index (χ0v) is 5.02. The van der Waals surface area contributed by atoms with E-state index in [9.17, 15) is 0 Å². The van der Waals surface area contributed by atoms with Gasteiger partial charge in [-0.15, -0.1) is 0 Å². The second kappa shape index (κ2) is 2.51. The van der Waals surface area contributed by atoms with Crippen molar-refractivity contribution in [2.45, 2.75) is 13.3 Å². The lowest BCUT2D eigenvalue weighted by Gasteiger charge is -1.89. The molecule has 0 bridgehead atoms. The van der Waals surface area contributed by atoms with Crippen LogP contribution in [0, 0.1) is 6.07 Å². The highest BCUT2D eigenvalue weighted by molar-refractivity contribution is 5.12. The molecule has 0 spiro atoms. The SMILES string of the molecule is CCc1c[c]ccc1. The summed E-state index contributed by atoms with van der Waals surface area (Å²) in [6, 6.07) is 11.1. The molecule has 0 fully saturated rings. The van der Waals surface area contributed by atoms with Gasteiger partial charge in [-0.3, -0.25) is 0 Å². The molecule has 41 valence electrons. The number of aryl methyl sites for hydroxylation is 1. The monoisotopic (exact) mass is 105 g/mol. The second-order valence-corrected chi connectivity index (χ2v) is 1.77. The number of hydrogen-bond donors (Lipinski definition) is 0. The molecule has 1 aromatic carbocycles. The van der Waals surface area contributed by atoms with Crippen molar-refractivity contribution in [3.8, 4) is 0 Å². The summed E-state index contributed by atoms with van der Waals surface area (Å²) in [6.45, 7) is 2.14. The van der Waals surface area contributed by atoms with Crippen LogP contribution in [0.15, 0.2) is 24.3 Å². The Kier molecular flexibility index (Phi) is 1.68. The molecule has 1 rings (SSSR count). The smallest absolute Gasteiger partial charge is 0.0181 e. The van der Waals surface area contributed by atoms with Crippen LogP contribution < -0.4 is 0 Å². The first-order valence-electron chi connectivity index (χ1n) is 2.88. The van der Waals surface area contributed by atoms with Gasteiger partial charge in [0.25, 0.3) is 0 Å². The summed E-state index contributed by atoms with van der Waals surface area (Å²) in [6.07, 6.45) is 1.11. The van der Waals surface area contributed by atoms with Gasteiger partial charge in [0.2, 0.25) is 0 Å². The fourth-order valence-corrected chi connectivity index (χ4v) is 0.650. The van der Waals surface area contributed by atoms with Crippen LogP contribution in [0.3, 0.4) is 0 Å². The first-order chi connectivity index (χ1) is 3.93. The van der Waals surface area contributed by atoms with Crippen molar-refractivity contribution in [2.75, 3.05) is 0 Å². The van der Waals surface area contributed by atoms with E-state index >= 15 is 0 Å². The molecule has 0 aliphatic rings. The maximum atomic E-state index is 3.01. The maximum absolute atomic E-state index is 3.01. The molecule has 0 saturated heterocycles. The summed E-state index contributed by atoms with van der Waals surface area (Å²) in [5, 5.41) is 0. The lowest BCUT2D eigenvalue weighted by molar-refractivity contribution is 1.14. The van der Waals surface area contributed by atoms with Crippen molar-refractivity contribution in [1.82, 2.24) is 0 Å². The molecule has 1 radical (unpaired) electrons. The first-order valence-corrected chi connectivity index (χ1v) is 2.88. The Balaban J connectivity index is 2.83. The van der Waals surface area contributed by atoms with Gasteiger partial charge in [0.15, 0.2) is 0 Å². The number of rotatable bonds is 1. The fourth-order valence-electron chi connectivity index (χ4n) is 0.650. The van der Waals surface area contributed by atoms with Crippen molar-refractivity contribution in [3.63, 3.8) is 0 Å². The Bertz CT molecular complexity index is 141. The predicted octanol–water partition coefficient (Wildman–Crippen LogP) is 2.05. The summed E-state index contributed by atoms with van der Waals surface area (Å²) in [7, 11) is 0. The summed E-state index contributed by atoms with van der Waals surface area (Å²) in [5.74, 6) is 0. The maximum Gasteiger partial charge on any atom is -0.0181 e. The Hall–Kier alpha value is -0.780. The molecule has 0 atom stereocenters. The minimum absolute atomic E-state index is 1.11. The van der Waals surface area contributed by atoms with E-state index in [1.54, 1.807) is 0 Å². The highest BCUT2D eigenvalue weighted by Gasteiger charge is 1.80. The van der Waals surface area contributed by atoms with Crippen LogP contribution in [-0.4, -0.2) is 0 Å². The molecule has 0 unspecified atom stereocenters. The second-order valence-electron chi connectivity index (χ2n) is 1.77. The molecule has 0 heteroatoms. The Morgan fingerprint density at radius 3 is 2.88 bits per heavy atom. The van der Waals surface area contributed by atoms with Crippen LogP contribution >= 0.6 is 0 Å². The highest BCUT2D eigenvalue weighted by atomic mass is 13.9. The van der Waals surface area contributed by atoms with E-state index in [1.807, 2.05) is 18.2 Å². The van der Waals surface area contributed by atoms with E-state index in [0.717, 1.165) is 6.42 Å². The molecule has 0 N–H and O–H groups in total. The summed E-state index contributed by atoms with van der Waals surface area (Å²) in [4.78, 5) is 0.